The Kier molecular flexibility index (Phi) is 5.20. The molecule has 0 saturated heterocycles. The van der Waals surface area contributed by atoms with Crippen LogP contribution in [0.25, 0.3) is 0 Å². The second kappa shape index (κ2) is 6.01. The normalized spacial score (nSPS) is 11.4. The summed E-state index contributed by atoms with van der Waals surface area (Å²) < 4.78 is 6.62. The predicted octanol–water partition coefficient (Wildman–Crippen LogP) is 4.45. The molecule has 0 fully saturated rings. The minimum Gasteiger partial charge on any atom is -0.492 e. The Labute approximate surface area is 119 Å². The van der Waals surface area contributed by atoms with Crippen molar-refractivity contribution in [3.05, 3.63) is 28.2 Å². The van der Waals surface area contributed by atoms with E-state index in [-0.39, 0.29) is 11.2 Å². The maximum atomic E-state index is 11.5. The van der Waals surface area contributed by atoms with Crippen molar-refractivity contribution in [3.8, 4) is 5.75 Å². The van der Waals surface area contributed by atoms with E-state index in [4.69, 9.17) is 4.74 Å². The van der Waals surface area contributed by atoms with E-state index in [9.17, 15) is 4.79 Å². The molecule has 2 nitrogen and oxygen atoms in total. The van der Waals surface area contributed by atoms with Gasteiger partial charge in [-0.05, 0) is 25.1 Å². The molecule has 0 aromatic heterocycles. The molecule has 1 rings (SSSR count). The number of halogens is 2. The van der Waals surface area contributed by atoms with E-state index in [0.717, 1.165) is 9.80 Å². The molecule has 17 heavy (non-hydrogen) atoms. The fraction of sp³-hybridized carbons (Fsp3) is 0.462. The molecular formula is C13H16Br2O2. The van der Waals surface area contributed by atoms with Gasteiger partial charge in [0.05, 0.1) is 12.2 Å². The summed E-state index contributed by atoms with van der Waals surface area (Å²) in [6, 6.07) is 5.49. The second-order valence-electron chi connectivity index (χ2n) is 4.78. The molecule has 0 spiro atoms. The summed E-state index contributed by atoms with van der Waals surface area (Å²) in [5.41, 5.74) is 0.658. The van der Waals surface area contributed by atoms with Gasteiger partial charge in [-0.15, -0.1) is 0 Å². The van der Waals surface area contributed by atoms with Crippen LogP contribution in [0.3, 0.4) is 0 Å². The number of hydrogen-bond donors (Lipinski definition) is 0. The van der Waals surface area contributed by atoms with E-state index < -0.39 is 0 Å². The van der Waals surface area contributed by atoms with Crippen LogP contribution in [0.1, 0.15) is 31.1 Å². The Hall–Kier alpha value is -0.350. The van der Waals surface area contributed by atoms with Crippen LogP contribution in [0.15, 0.2) is 22.7 Å². The molecule has 0 bridgehead atoms. The van der Waals surface area contributed by atoms with Gasteiger partial charge in [-0.3, -0.25) is 4.79 Å². The molecule has 0 aliphatic heterocycles. The van der Waals surface area contributed by atoms with E-state index >= 15 is 0 Å². The first-order valence-corrected chi connectivity index (χ1v) is 7.26. The molecule has 0 unspecified atom stereocenters. The summed E-state index contributed by atoms with van der Waals surface area (Å²) in [5.74, 6) is 0.660. The molecule has 1 aromatic rings. The number of rotatable bonds is 5. The molecule has 1 aromatic carbocycles. The van der Waals surface area contributed by atoms with Crippen LogP contribution in [-0.2, 0) is 0 Å². The summed E-state index contributed by atoms with van der Waals surface area (Å²) in [6.07, 6.45) is 0. The molecule has 0 radical (unpaired) electrons. The van der Waals surface area contributed by atoms with E-state index in [1.54, 1.807) is 13.0 Å². The Balaban J connectivity index is 2.88. The minimum absolute atomic E-state index is 0.0120. The number of alkyl halides is 1. The largest absolute Gasteiger partial charge is 0.492 e. The highest BCUT2D eigenvalue weighted by atomic mass is 79.9. The smallest absolute Gasteiger partial charge is 0.163 e. The number of carbonyl (C=O) groups excluding carboxylic acids is 1. The van der Waals surface area contributed by atoms with Crippen LogP contribution in [0.2, 0.25) is 0 Å². The maximum Gasteiger partial charge on any atom is 0.163 e. The third kappa shape index (κ3) is 4.43. The molecule has 0 atom stereocenters. The van der Waals surface area contributed by atoms with Crippen molar-refractivity contribution in [1.82, 2.24) is 0 Å². The first-order chi connectivity index (χ1) is 7.85. The van der Waals surface area contributed by atoms with Gasteiger partial charge in [0, 0.05) is 15.2 Å². The van der Waals surface area contributed by atoms with Gasteiger partial charge in [-0.1, -0.05) is 45.7 Å². The van der Waals surface area contributed by atoms with Crippen molar-refractivity contribution in [2.45, 2.75) is 20.8 Å². The summed E-state index contributed by atoms with van der Waals surface area (Å²) in [6.45, 7) is 6.33. The number of ketones is 1. The Bertz CT molecular complexity index is 414. The van der Waals surface area contributed by atoms with Crippen molar-refractivity contribution in [1.29, 1.82) is 0 Å². The average Bonchev–Trinajstić information content (AvgIpc) is 2.27. The lowest BCUT2D eigenvalue weighted by atomic mass is 9.98. The first kappa shape index (κ1) is 14.7. The standard InChI is InChI=1S/C13H16Br2O2/c1-9(16)11-6-10(15)4-5-12(11)17-8-13(2,3)7-14/h4-6H,7-8H2,1-3H3. The van der Waals surface area contributed by atoms with Crippen molar-refractivity contribution in [3.63, 3.8) is 0 Å². The lowest BCUT2D eigenvalue weighted by Crippen LogP contribution is -2.23. The minimum atomic E-state index is 0.0120. The molecule has 0 aliphatic carbocycles. The number of hydrogen-bond acceptors (Lipinski definition) is 2. The van der Waals surface area contributed by atoms with Crippen LogP contribution < -0.4 is 4.74 Å². The lowest BCUT2D eigenvalue weighted by molar-refractivity contribution is 0.101. The topological polar surface area (TPSA) is 26.3 Å². The number of Topliss-reactive ketones (excluding diaryl/α,β-unsaturated/α-hetero) is 1. The van der Waals surface area contributed by atoms with Gasteiger partial charge in [0.25, 0.3) is 0 Å². The van der Waals surface area contributed by atoms with Crippen molar-refractivity contribution in [2.75, 3.05) is 11.9 Å². The van der Waals surface area contributed by atoms with Crippen LogP contribution in [0.4, 0.5) is 0 Å². The maximum absolute atomic E-state index is 11.5. The zero-order valence-corrected chi connectivity index (χ0v) is 13.4. The second-order valence-corrected chi connectivity index (χ2v) is 6.26. The average molecular weight is 364 g/mol. The Morgan fingerprint density at radius 1 is 1.41 bits per heavy atom. The molecule has 0 N–H and O–H groups in total. The third-order valence-electron chi connectivity index (χ3n) is 2.30. The van der Waals surface area contributed by atoms with Gasteiger partial charge in [0.2, 0.25) is 0 Å². The highest BCUT2D eigenvalue weighted by Gasteiger charge is 2.18. The third-order valence-corrected chi connectivity index (χ3v) is 4.31. The predicted molar refractivity (Wildman–Crippen MR) is 77.2 cm³/mol. The summed E-state index contributed by atoms with van der Waals surface area (Å²) in [7, 11) is 0. The van der Waals surface area contributed by atoms with E-state index in [1.807, 2.05) is 12.1 Å². The van der Waals surface area contributed by atoms with Crippen molar-refractivity contribution >= 4 is 37.6 Å². The summed E-state index contributed by atoms with van der Waals surface area (Å²) >= 11 is 6.80. The van der Waals surface area contributed by atoms with Gasteiger partial charge in [0.1, 0.15) is 5.75 Å². The fourth-order valence-corrected chi connectivity index (χ4v) is 1.74. The zero-order chi connectivity index (χ0) is 13.1. The SMILES string of the molecule is CC(=O)c1cc(Br)ccc1OCC(C)(C)CBr. The molecule has 0 amide bonds. The van der Waals surface area contributed by atoms with E-state index in [2.05, 4.69) is 45.7 Å². The van der Waals surface area contributed by atoms with Crippen LogP contribution >= 0.6 is 31.9 Å². The summed E-state index contributed by atoms with van der Waals surface area (Å²) in [5, 5.41) is 0.853. The van der Waals surface area contributed by atoms with Crippen LogP contribution in [-0.4, -0.2) is 17.7 Å². The molecule has 0 saturated carbocycles. The zero-order valence-electron chi connectivity index (χ0n) is 10.2. The fourth-order valence-electron chi connectivity index (χ4n) is 1.21. The number of ether oxygens (including phenoxy) is 1. The van der Waals surface area contributed by atoms with E-state index in [0.29, 0.717) is 17.9 Å². The molecule has 0 heterocycles. The monoisotopic (exact) mass is 362 g/mol. The van der Waals surface area contributed by atoms with Gasteiger partial charge in [0.15, 0.2) is 5.78 Å². The molecular weight excluding hydrogens is 348 g/mol. The van der Waals surface area contributed by atoms with Gasteiger partial charge >= 0.3 is 0 Å². The van der Waals surface area contributed by atoms with Crippen molar-refractivity contribution in [2.24, 2.45) is 5.41 Å². The molecule has 94 valence electrons. The highest BCUT2D eigenvalue weighted by Crippen LogP contribution is 2.26. The Morgan fingerprint density at radius 3 is 2.59 bits per heavy atom. The van der Waals surface area contributed by atoms with E-state index in [1.165, 1.54) is 0 Å². The van der Waals surface area contributed by atoms with Gasteiger partial charge in [-0.25, -0.2) is 0 Å². The molecule has 4 heteroatoms. The van der Waals surface area contributed by atoms with Crippen LogP contribution in [0.5, 0.6) is 5.75 Å². The Morgan fingerprint density at radius 2 is 2.06 bits per heavy atom. The number of carbonyl (C=O) groups is 1. The number of benzene rings is 1. The van der Waals surface area contributed by atoms with Crippen molar-refractivity contribution < 1.29 is 9.53 Å². The summed E-state index contributed by atoms with van der Waals surface area (Å²) in [4.78, 5) is 11.5. The van der Waals surface area contributed by atoms with Gasteiger partial charge in [-0.2, -0.15) is 0 Å². The van der Waals surface area contributed by atoms with Gasteiger partial charge < -0.3 is 4.74 Å². The quantitative estimate of drug-likeness (QED) is 0.570. The lowest BCUT2D eigenvalue weighted by Gasteiger charge is -2.22. The van der Waals surface area contributed by atoms with Crippen LogP contribution in [0, 0.1) is 5.41 Å². The molecule has 0 aliphatic rings. The first-order valence-electron chi connectivity index (χ1n) is 5.35. The highest BCUT2D eigenvalue weighted by molar-refractivity contribution is 9.10.